The molecule has 1 aromatic rings. The first-order chi connectivity index (χ1) is 9.30. The van der Waals surface area contributed by atoms with Gasteiger partial charge < -0.3 is 19.6 Å². The van der Waals surface area contributed by atoms with Gasteiger partial charge in [-0.1, -0.05) is 0 Å². The van der Waals surface area contributed by atoms with Crippen LogP contribution in [0.2, 0.25) is 0 Å². The highest BCUT2D eigenvalue weighted by molar-refractivity contribution is 7.46. The fourth-order valence-electron chi connectivity index (χ4n) is 1.98. The number of aromatic amines is 1. The average Bonchev–Trinajstić information content (AvgIpc) is 2.69. The van der Waals surface area contributed by atoms with E-state index in [0.717, 1.165) is 10.6 Å². The summed E-state index contributed by atoms with van der Waals surface area (Å²) in [5, 5.41) is 9.11. The number of nitrogens with zero attached hydrogens (tertiary/aromatic N) is 1. The van der Waals surface area contributed by atoms with Crippen LogP contribution in [-0.2, 0) is 13.8 Å². The van der Waals surface area contributed by atoms with Crippen molar-refractivity contribution in [3.05, 3.63) is 33.1 Å². The second kappa shape index (κ2) is 5.60. The Hall–Kier alpha value is -1.29. The largest absolute Gasteiger partial charge is 0.469 e. The van der Waals surface area contributed by atoms with Crippen LogP contribution in [0.1, 0.15) is 12.6 Å². The molecule has 0 bridgehead atoms. The highest BCUT2D eigenvalue weighted by Gasteiger charge is 2.40. The van der Waals surface area contributed by atoms with Gasteiger partial charge in [-0.05, 0) is 0 Å². The van der Waals surface area contributed by atoms with Crippen molar-refractivity contribution in [2.75, 3.05) is 6.61 Å². The second-order valence-corrected chi connectivity index (χ2v) is 5.39. The first-order valence-corrected chi connectivity index (χ1v) is 7.15. The minimum absolute atomic E-state index is 0.0533. The van der Waals surface area contributed by atoms with E-state index in [1.54, 1.807) is 0 Å². The molecule has 2 rings (SSSR count). The lowest BCUT2D eigenvalue weighted by molar-refractivity contribution is -0.0452. The predicted octanol–water partition coefficient (Wildman–Crippen LogP) is -1.71. The maximum Gasteiger partial charge on any atom is 0.469 e. The highest BCUT2D eigenvalue weighted by atomic mass is 31.2. The topological polar surface area (TPSA) is 151 Å². The van der Waals surface area contributed by atoms with Crippen LogP contribution < -0.4 is 11.2 Å². The Morgan fingerprint density at radius 2 is 2.20 bits per heavy atom. The fourth-order valence-corrected chi connectivity index (χ4v) is 2.55. The van der Waals surface area contributed by atoms with Crippen molar-refractivity contribution in [2.24, 2.45) is 0 Å². The van der Waals surface area contributed by atoms with Crippen molar-refractivity contribution in [1.82, 2.24) is 9.55 Å². The van der Waals surface area contributed by atoms with Crippen molar-refractivity contribution in [3.8, 4) is 0 Å². The monoisotopic (exact) mass is 308 g/mol. The van der Waals surface area contributed by atoms with Gasteiger partial charge in [-0.25, -0.2) is 9.36 Å². The lowest BCUT2D eigenvalue weighted by Crippen LogP contribution is -2.31. The molecule has 4 N–H and O–H groups in total. The number of aromatic nitrogens is 2. The zero-order valence-corrected chi connectivity index (χ0v) is 11.0. The van der Waals surface area contributed by atoms with E-state index in [1.165, 1.54) is 6.20 Å². The van der Waals surface area contributed by atoms with E-state index in [4.69, 9.17) is 19.6 Å². The van der Waals surface area contributed by atoms with Crippen LogP contribution in [0.15, 0.2) is 21.9 Å². The zero-order valence-electron chi connectivity index (χ0n) is 10.1. The Bertz CT molecular complexity index is 633. The van der Waals surface area contributed by atoms with Gasteiger partial charge in [0.1, 0.15) is 18.4 Å². The molecular formula is C9H13N2O8P. The molecule has 1 unspecified atom stereocenters. The summed E-state index contributed by atoms with van der Waals surface area (Å²) in [7, 11) is -4.74. The standard InChI is InChI=1S/C9H13N2O8P/c12-4-6-5(19-20(15,16)17)3-8(18-6)11-2-1-7(13)10-9(11)14/h1-2,5-6,8,12H,3-4H2,(H,10,13,14)(H2,15,16,17)/t5?,6-,8-/m1/s1. The first kappa shape index (κ1) is 15.1. The summed E-state index contributed by atoms with van der Waals surface area (Å²) < 4.78 is 21.7. The summed E-state index contributed by atoms with van der Waals surface area (Å²) >= 11 is 0. The highest BCUT2D eigenvalue weighted by Crippen LogP contribution is 2.43. The molecule has 0 radical (unpaired) electrons. The van der Waals surface area contributed by atoms with Gasteiger partial charge in [0.15, 0.2) is 0 Å². The molecular weight excluding hydrogens is 295 g/mol. The van der Waals surface area contributed by atoms with E-state index in [9.17, 15) is 14.2 Å². The molecule has 10 nitrogen and oxygen atoms in total. The van der Waals surface area contributed by atoms with Crippen LogP contribution in [0, 0.1) is 0 Å². The fraction of sp³-hybridized carbons (Fsp3) is 0.556. The third kappa shape index (κ3) is 3.42. The van der Waals surface area contributed by atoms with Gasteiger partial charge in [-0.15, -0.1) is 0 Å². The number of aliphatic hydroxyl groups is 1. The van der Waals surface area contributed by atoms with Gasteiger partial charge >= 0.3 is 13.5 Å². The van der Waals surface area contributed by atoms with E-state index in [1.807, 2.05) is 4.98 Å². The average molecular weight is 308 g/mol. The minimum atomic E-state index is -4.74. The Kier molecular flexibility index (Phi) is 4.23. The van der Waals surface area contributed by atoms with E-state index >= 15 is 0 Å². The van der Waals surface area contributed by atoms with E-state index in [0.29, 0.717) is 0 Å². The Labute approximate surface area is 111 Å². The summed E-state index contributed by atoms with van der Waals surface area (Å²) in [6.45, 7) is -0.529. The van der Waals surface area contributed by atoms with E-state index in [-0.39, 0.29) is 6.42 Å². The number of rotatable bonds is 4. The molecule has 11 heteroatoms. The van der Waals surface area contributed by atoms with Gasteiger partial charge in [0, 0.05) is 18.7 Å². The van der Waals surface area contributed by atoms with Crippen LogP contribution in [0.25, 0.3) is 0 Å². The third-order valence-corrected chi connectivity index (χ3v) is 3.34. The minimum Gasteiger partial charge on any atom is -0.394 e. The second-order valence-electron chi connectivity index (χ2n) is 4.20. The molecule has 1 fully saturated rings. The molecule has 20 heavy (non-hydrogen) atoms. The zero-order chi connectivity index (χ0) is 14.9. The molecule has 112 valence electrons. The molecule has 2 heterocycles. The van der Waals surface area contributed by atoms with Crippen LogP contribution in [0.3, 0.4) is 0 Å². The van der Waals surface area contributed by atoms with Crippen molar-refractivity contribution in [3.63, 3.8) is 0 Å². The number of nitrogens with one attached hydrogen (secondary N) is 1. The van der Waals surface area contributed by atoms with E-state index in [2.05, 4.69) is 4.52 Å². The summed E-state index contributed by atoms with van der Waals surface area (Å²) in [5.74, 6) is 0. The van der Waals surface area contributed by atoms with Crippen LogP contribution in [0.5, 0.6) is 0 Å². The van der Waals surface area contributed by atoms with Crippen LogP contribution in [-0.4, -0.2) is 43.3 Å². The Morgan fingerprint density at radius 1 is 1.50 bits per heavy atom. The molecule has 1 aromatic heterocycles. The van der Waals surface area contributed by atoms with Crippen molar-refractivity contribution >= 4 is 7.82 Å². The number of hydrogen-bond donors (Lipinski definition) is 4. The number of H-pyrrole nitrogens is 1. The number of ether oxygens (including phenoxy) is 1. The number of aliphatic hydroxyl groups excluding tert-OH is 1. The molecule has 0 aliphatic carbocycles. The quantitative estimate of drug-likeness (QED) is 0.480. The Balaban J connectivity index is 2.22. The molecule has 0 spiro atoms. The van der Waals surface area contributed by atoms with Gasteiger partial charge in [0.2, 0.25) is 0 Å². The molecule has 1 saturated heterocycles. The van der Waals surface area contributed by atoms with Crippen LogP contribution >= 0.6 is 7.82 Å². The third-order valence-electron chi connectivity index (χ3n) is 2.79. The van der Waals surface area contributed by atoms with Crippen LogP contribution in [0.4, 0.5) is 0 Å². The lowest BCUT2D eigenvalue weighted by atomic mass is 10.2. The number of phosphoric acid groups is 1. The number of hydrogen-bond acceptors (Lipinski definition) is 6. The summed E-state index contributed by atoms with van der Waals surface area (Å²) in [4.78, 5) is 42.1. The lowest BCUT2D eigenvalue weighted by Gasteiger charge is -2.16. The molecule has 0 aromatic carbocycles. The first-order valence-electron chi connectivity index (χ1n) is 5.62. The van der Waals surface area contributed by atoms with Crippen molar-refractivity contribution in [1.29, 1.82) is 0 Å². The number of phosphoric ester groups is 1. The Morgan fingerprint density at radius 3 is 2.75 bits per heavy atom. The van der Waals surface area contributed by atoms with E-state index < -0.39 is 44.1 Å². The van der Waals surface area contributed by atoms with Gasteiger partial charge in [0.25, 0.3) is 5.56 Å². The molecule has 3 atom stereocenters. The molecule has 0 amide bonds. The SMILES string of the molecule is O=c1ccn([C@H]2CC(OP(=O)(O)O)[C@@H](CO)O2)c(=O)[nH]1. The van der Waals surface area contributed by atoms with Gasteiger partial charge in [0.05, 0.1) is 6.61 Å². The molecule has 0 saturated carbocycles. The van der Waals surface area contributed by atoms with Crippen molar-refractivity contribution in [2.45, 2.75) is 24.9 Å². The predicted molar refractivity (Wildman–Crippen MR) is 63.9 cm³/mol. The molecule has 1 aliphatic rings. The normalized spacial score (nSPS) is 26.9. The van der Waals surface area contributed by atoms with Gasteiger partial charge in [-0.3, -0.25) is 18.9 Å². The van der Waals surface area contributed by atoms with Crippen molar-refractivity contribution < 1.29 is 28.7 Å². The maximum atomic E-state index is 11.6. The molecule has 1 aliphatic heterocycles. The maximum absolute atomic E-state index is 11.6. The summed E-state index contributed by atoms with van der Waals surface area (Å²) in [6, 6.07) is 1.11. The smallest absolute Gasteiger partial charge is 0.394 e. The summed E-state index contributed by atoms with van der Waals surface area (Å²) in [5.41, 5.74) is -1.30. The summed E-state index contributed by atoms with van der Waals surface area (Å²) in [6.07, 6.45) is -1.80. The van der Waals surface area contributed by atoms with Gasteiger partial charge in [-0.2, -0.15) is 0 Å².